The van der Waals surface area contributed by atoms with E-state index in [-0.39, 0.29) is 17.6 Å². The van der Waals surface area contributed by atoms with Crippen molar-refractivity contribution in [2.24, 2.45) is 11.5 Å². The summed E-state index contributed by atoms with van der Waals surface area (Å²) in [6.07, 6.45) is 5.63. The lowest BCUT2D eigenvalue weighted by atomic mass is 9.91. The number of nitrogens with one attached hydrogen (secondary N) is 2. The van der Waals surface area contributed by atoms with Crippen molar-refractivity contribution < 1.29 is 4.79 Å². The molecule has 8 heteroatoms. The number of benzene rings is 2. The first-order chi connectivity index (χ1) is 14.0. The molecule has 0 radical (unpaired) electrons. The second kappa shape index (κ2) is 8.23. The summed E-state index contributed by atoms with van der Waals surface area (Å²) in [5, 5.41) is 9.01. The van der Waals surface area contributed by atoms with Gasteiger partial charge in [-0.3, -0.25) is 4.79 Å². The third-order valence-electron chi connectivity index (χ3n) is 5.31. The number of carbonyl (C=O) groups is 1. The largest absolute Gasteiger partial charge is 0.365 e. The number of aromatic nitrogens is 2. The van der Waals surface area contributed by atoms with E-state index in [4.69, 9.17) is 23.1 Å². The van der Waals surface area contributed by atoms with Crippen LogP contribution in [0.5, 0.6) is 0 Å². The highest BCUT2D eigenvalue weighted by molar-refractivity contribution is 6.36. The quantitative estimate of drug-likeness (QED) is 0.507. The van der Waals surface area contributed by atoms with E-state index >= 15 is 0 Å². The first-order valence-electron chi connectivity index (χ1n) is 9.66. The second-order valence-electron chi connectivity index (χ2n) is 7.28. The van der Waals surface area contributed by atoms with Crippen LogP contribution >= 0.6 is 11.6 Å². The number of anilines is 3. The third-order valence-corrected chi connectivity index (χ3v) is 5.64. The summed E-state index contributed by atoms with van der Waals surface area (Å²) in [5.41, 5.74) is 12.7. The van der Waals surface area contributed by atoms with Gasteiger partial charge >= 0.3 is 0 Å². The van der Waals surface area contributed by atoms with E-state index in [1.54, 1.807) is 6.07 Å². The maximum absolute atomic E-state index is 11.9. The van der Waals surface area contributed by atoms with Crippen molar-refractivity contribution in [1.29, 1.82) is 0 Å². The highest BCUT2D eigenvalue weighted by Crippen LogP contribution is 2.32. The molecular weight excluding hydrogens is 388 g/mol. The lowest BCUT2D eigenvalue weighted by Crippen LogP contribution is -2.43. The highest BCUT2D eigenvalue weighted by Gasteiger charge is 2.23. The smallest absolute Gasteiger partial charge is 0.254 e. The van der Waals surface area contributed by atoms with Crippen molar-refractivity contribution in [3.05, 3.63) is 53.2 Å². The van der Waals surface area contributed by atoms with Crippen molar-refractivity contribution in [2.45, 2.75) is 37.8 Å². The summed E-state index contributed by atoms with van der Waals surface area (Å²) < 4.78 is 0. The van der Waals surface area contributed by atoms with Crippen LogP contribution in [0.3, 0.4) is 0 Å². The predicted octanol–water partition coefficient (Wildman–Crippen LogP) is 3.81. The van der Waals surface area contributed by atoms with Gasteiger partial charge in [0.05, 0.1) is 0 Å². The van der Waals surface area contributed by atoms with E-state index in [1.165, 1.54) is 6.20 Å². The Hall–Kier alpha value is -2.90. The number of halogens is 1. The van der Waals surface area contributed by atoms with Crippen LogP contribution < -0.4 is 22.1 Å². The molecule has 150 valence electrons. The molecule has 1 amide bonds. The lowest BCUT2D eigenvalue weighted by Gasteiger charge is -2.29. The van der Waals surface area contributed by atoms with E-state index < -0.39 is 5.91 Å². The van der Waals surface area contributed by atoms with Crippen molar-refractivity contribution in [1.82, 2.24) is 9.97 Å². The van der Waals surface area contributed by atoms with Crippen LogP contribution in [-0.4, -0.2) is 28.0 Å². The van der Waals surface area contributed by atoms with Gasteiger partial charge in [-0.25, -0.2) is 4.98 Å². The molecule has 0 unspecified atom stereocenters. The SMILES string of the molecule is NC(=O)c1cnc(N[C@@H]2CCCC[C@@H]2N)nc1Nc1ccc(Cl)c2ccccc12. The van der Waals surface area contributed by atoms with Crippen LogP contribution in [0.25, 0.3) is 10.8 Å². The van der Waals surface area contributed by atoms with E-state index in [1.807, 2.05) is 30.3 Å². The summed E-state index contributed by atoms with van der Waals surface area (Å²) >= 11 is 6.31. The van der Waals surface area contributed by atoms with Crippen molar-refractivity contribution in [2.75, 3.05) is 10.6 Å². The zero-order valence-electron chi connectivity index (χ0n) is 15.9. The van der Waals surface area contributed by atoms with Crippen LogP contribution in [-0.2, 0) is 0 Å². The Labute approximate surface area is 173 Å². The minimum Gasteiger partial charge on any atom is -0.365 e. The molecule has 4 rings (SSSR count). The first-order valence-corrected chi connectivity index (χ1v) is 10.0. The Morgan fingerprint density at radius 2 is 1.86 bits per heavy atom. The molecule has 3 aromatic rings. The molecule has 29 heavy (non-hydrogen) atoms. The van der Waals surface area contributed by atoms with Gasteiger partial charge in [-0.05, 0) is 25.0 Å². The monoisotopic (exact) mass is 410 g/mol. The van der Waals surface area contributed by atoms with Gasteiger partial charge in [0.15, 0.2) is 0 Å². The molecule has 1 aliphatic carbocycles. The molecule has 0 bridgehead atoms. The van der Waals surface area contributed by atoms with E-state index in [2.05, 4.69) is 20.6 Å². The number of amides is 1. The van der Waals surface area contributed by atoms with E-state index in [9.17, 15) is 4.79 Å². The van der Waals surface area contributed by atoms with Gasteiger partial charge in [-0.1, -0.05) is 48.7 Å². The van der Waals surface area contributed by atoms with Gasteiger partial charge in [-0.2, -0.15) is 4.98 Å². The summed E-state index contributed by atoms with van der Waals surface area (Å²) in [4.78, 5) is 20.7. The molecular formula is C21H23ClN6O. The standard InChI is InChI=1S/C21H23ClN6O/c22-15-9-10-17(13-6-2-1-5-12(13)15)26-20-14(19(24)29)11-25-21(28-20)27-18-8-4-3-7-16(18)23/h1-2,5-6,9-11,16,18H,3-4,7-8,23H2,(H2,24,29)(H2,25,26,27,28)/t16-,18+/m0/s1. The van der Waals surface area contributed by atoms with Crippen molar-refractivity contribution >= 4 is 45.7 Å². The van der Waals surface area contributed by atoms with Gasteiger partial charge in [-0.15, -0.1) is 0 Å². The molecule has 0 aliphatic heterocycles. The summed E-state index contributed by atoms with van der Waals surface area (Å²) in [6, 6.07) is 11.6. The second-order valence-corrected chi connectivity index (χ2v) is 7.69. The van der Waals surface area contributed by atoms with Crippen LogP contribution in [0.15, 0.2) is 42.6 Å². The number of carbonyl (C=O) groups excluding carboxylic acids is 1. The van der Waals surface area contributed by atoms with Gasteiger partial charge in [0, 0.05) is 39.8 Å². The Morgan fingerprint density at radius 3 is 2.62 bits per heavy atom. The number of nitrogens with two attached hydrogens (primary N) is 2. The number of hydrogen-bond donors (Lipinski definition) is 4. The number of fused-ring (bicyclic) bond motifs is 1. The molecule has 6 N–H and O–H groups in total. The van der Waals surface area contributed by atoms with Gasteiger partial charge < -0.3 is 22.1 Å². The average molecular weight is 411 g/mol. The molecule has 1 heterocycles. The molecule has 0 spiro atoms. The normalized spacial score (nSPS) is 19.1. The zero-order chi connectivity index (χ0) is 20.4. The molecule has 0 saturated heterocycles. The Morgan fingerprint density at radius 1 is 1.10 bits per heavy atom. The average Bonchev–Trinajstić information content (AvgIpc) is 2.72. The van der Waals surface area contributed by atoms with Gasteiger partial charge in [0.25, 0.3) is 5.91 Å². The van der Waals surface area contributed by atoms with Crippen LogP contribution in [0.2, 0.25) is 5.02 Å². The van der Waals surface area contributed by atoms with Crippen molar-refractivity contribution in [3.63, 3.8) is 0 Å². The zero-order valence-corrected chi connectivity index (χ0v) is 16.6. The van der Waals surface area contributed by atoms with E-state index in [0.29, 0.717) is 16.8 Å². The van der Waals surface area contributed by atoms with Gasteiger partial charge in [0.1, 0.15) is 11.4 Å². The van der Waals surface area contributed by atoms with Crippen LogP contribution in [0.1, 0.15) is 36.0 Å². The van der Waals surface area contributed by atoms with Crippen molar-refractivity contribution in [3.8, 4) is 0 Å². The third kappa shape index (κ3) is 4.11. The molecule has 7 nitrogen and oxygen atoms in total. The molecule has 1 aliphatic rings. The molecule has 2 atom stereocenters. The Bertz CT molecular complexity index is 1060. The number of rotatable bonds is 5. The number of hydrogen-bond acceptors (Lipinski definition) is 6. The minimum absolute atomic E-state index is 0.0554. The molecule has 1 fully saturated rings. The molecule has 2 aromatic carbocycles. The Balaban J connectivity index is 1.69. The van der Waals surface area contributed by atoms with Gasteiger partial charge in [0.2, 0.25) is 5.95 Å². The lowest BCUT2D eigenvalue weighted by molar-refractivity contribution is 0.100. The topological polar surface area (TPSA) is 119 Å². The van der Waals surface area contributed by atoms with Crippen LogP contribution in [0, 0.1) is 0 Å². The maximum atomic E-state index is 11.9. The highest BCUT2D eigenvalue weighted by atomic mass is 35.5. The molecule has 1 aromatic heterocycles. The maximum Gasteiger partial charge on any atom is 0.254 e. The summed E-state index contributed by atoms with van der Waals surface area (Å²) in [5.74, 6) is 0.150. The fourth-order valence-corrected chi connectivity index (χ4v) is 3.96. The fraction of sp³-hybridized carbons (Fsp3) is 0.286. The summed E-state index contributed by atoms with van der Waals surface area (Å²) in [6.45, 7) is 0. The Kier molecular flexibility index (Phi) is 5.51. The predicted molar refractivity (Wildman–Crippen MR) is 117 cm³/mol. The summed E-state index contributed by atoms with van der Waals surface area (Å²) in [7, 11) is 0. The first kappa shape index (κ1) is 19.4. The number of nitrogens with zero attached hydrogens (tertiary/aromatic N) is 2. The fourth-order valence-electron chi connectivity index (χ4n) is 3.73. The number of primary amides is 1. The van der Waals surface area contributed by atoms with Crippen LogP contribution in [0.4, 0.5) is 17.5 Å². The molecule has 1 saturated carbocycles. The minimum atomic E-state index is -0.605. The van der Waals surface area contributed by atoms with E-state index in [0.717, 1.165) is 42.1 Å².